The number of amides is 1. The molecule has 2 N–H and O–H groups in total. The first-order valence-corrected chi connectivity index (χ1v) is 9.29. The van der Waals surface area contributed by atoms with E-state index in [0.717, 1.165) is 19.0 Å². The van der Waals surface area contributed by atoms with Crippen molar-refractivity contribution in [3.8, 4) is 11.5 Å². The van der Waals surface area contributed by atoms with Gasteiger partial charge in [-0.05, 0) is 42.8 Å². The van der Waals surface area contributed by atoms with Gasteiger partial charge in [0, 0.05) is 18.5 Å². The second-order valence-corrected chi connectivity index (χ2v) is 6.70. The topological polar surface area (TPSA) is 59.6 Å². The highest BCUT2D eigenvalue weighted by atomic mass is 19.2. The fourth-order valence-electron chi connectivity index (χ4n) is 3.42. The fraction of sp³-hybridized carbons (Fsp3) is 0.381. The molecule has 3 rings (SSSR count). The molecule has 0 spiro atoms. The number of halogens is 2. The lowest BCUT2D eigenvalue weighted by Crippen LogP contribution is -2.50. The summed E-state index contributed by atoms with van der Waals surface area (Å²) in [6.07, 6.45) is 0.910. The predicted octanol–water partition coefficient (Wildman–Crippen LogP) is 3.00. The molecule has 150 valence electrons. The Morgan fingerprint density at radius 2 is 1.96 bits per heavy atom. The molecule has 1 aliphatic heterocycles. The van der Waals surface area contributed by atoms with Gasteiger partial charge in [-0.1, -0.05) is 18.2 Å². The van der Waals surface area contributed by atoms with Gasteiger partial charge >= 0.3 is 0 Å². The molecule has 7 heteroatoms. The zero-order valence-electron chi connectivity index (χ0n) is 15.7. The van der Waals surface area contributed by atoms with E-state index < -0.39 is 11.6 Å². The van der Waals surface area contributed by atoms with Crippen molar-refractivity contribution >= 4 is 5.91 Å². The van der Waals surface area contributed by atoms with Crippen molar-refractivity contribution in [3.05, 3.63) is 59.7 Å². The summed E-state index contributed by atoms with van der Waals surface area (Å²) < 4.78 is 37.7. The first-order chi connectivity index (χ1) is 13.6. The molecule has 28 heavy (non-hydrogen) atoms. The van der Waals surface area contributed by atoms with Crippen LogP contribution in [-0.4, -0.2) is 38.8 Å². The third-order valence-corrected chi connectivity index (χ3v) is 4.86. The highest BCUT2D eigenvalue weighted by Gasteiger charge is 2.28. The lowest BCUT2D eigenvalue weighted by molar-refractivity contribution is -0.122. The molecule has 1 heterocycles. The monoisotopic (exact) mass is 390 g/mol. The van der Waals surface area contributed by atoms with E-state index in [9.17, 15) is 13.6 Å². The van der Waals surface area contributed by atoms with Crippen LogP contribution in [0.2, 0.25) is 0 Å². The molecular weight excluding hydrogens is 366 g/mol. The van der Waals surface area contributed by atoms with Gasteiger partial charge in [0.1, 0.15) is 0 Å². The highest BCUT2D eigenvalue weighted by molar-refractivity contribution is 5.76. The van der Waals surface area contributed by atoms with E-state index in [1.54, 1.807) is 25.3 Å². The van der Waals surface area contributed by atoms with E-state index >= 15 is 0 Å². The Bertz CT molecular complexity index is 816. The second kappa shape index (κ2) is 9.50. The van der Waals surface area contributed by atoms with Crippen molar-refractivity contribution in [2.45, 2.75) is 24.8 Å². The number of carbonyl (C=O) groups excluding carboxylic acids is 1. The second-order valence-electron chi connectivity index (χ2n) is 6.70. The van der Waals surface area contributed by atoms with E-state index in [2.05, 4.69) is 10.6 Å². The lowest BCUT2D eigenvalue weighted by Gasteiger charge is -2.33. The molecule has 5 nitrogen and oxygen atoms in total. The molecule has 0 aliphatic carbocycles. The molecule has 0 radical (unpaired) electrons. The molecule has 0 bridgehead atoms. The minimum absolute atomic E-state index is 0.0737. The summed E-state index contributed by atoms with van der Waals surface area (Å²) in [4.78, 5) is 12.4. The number of piperidine rings is 1. The fourth-order valence-corrected chi connectivity index (χ4v) is 3.42. The molecule has 1 fully saturated rings. The maximum Gasteiger partial charge on any atom is 0.223 e. The molecule has 2 aromatic carbocycles. The van der Waals surface area contributed by atoms with Gasteiger partial charge in [-0.2, -0.15) is 0 Å². The van der Waals surface area contributed by atoms with Crippen molar-refractivity contribution < 1.29 is 23.0 Å². The van der Waals surface area contributed by atoms with Crippen LogP contribution in [0.25, 0.3) is 0 Å². The molecule has 0 saturated carbocycles. The van der Waals surface area contributed by atoms with E-state index in [1.165, 1.54) is 6.07 Å². The molecule has 1 amide bonds. The van der Waals surface area contributed by atoms with E-state index in [0.29, 0.717) is 23.6 Å². The lowest BCUT2D eigenvalue weighted by atomic mass is 9.86. The van der Waals surface area contributed by atoms with E-state index in [-0.39, 0.29) is 30.9 Å². The normalized spacial score (nSPS) is 19.1. The van der Waals surface area contributed by atoms with Crippen molar-refractivity contribution in [3.63, 3.8) is 0 Å². The summed E-state index contributed by atoms with van der Waals surface area (Å²) in [5.74, 6) is -0.778. The van der Waals surface area contributed by atoms with Crippen LogP contribution < -0.4 is 20.1 Å². The zero-order chi connectivity index (χ0) is 19.9. The number of benzene rings is 2. The molecular formula is C21H24F2N2O3. The molecule has 1 aliphatic rings. The summed E-state index contributed by atoms with van der Waals surface area (Å²) in [6.45, 7) is 1.54. The quantitative estimate of drug-likeness (QED) is 0.763. The Hall–Kier alpha value is -2.67. The zero-order valence-corrected chi connectivity index (χ0v) is 15.7. The predicted molar refractivity (Wildman–Crippen MR) is 102 cm³/mol. The highest BCUT2D eigenvalue weighted by Crippen LogP contribution is 2.28. The Labute approximate surface area is 163 Å². The third kappa shape index (κ3) is 4.98. The maximum absolute atomic E-state index is 13.6. The largest absolute Gasteiger partial charge is 0.493 e. The SMILES string of the molecule is COc1ccccc1OCCC(=O)NC1CNCCC1c1ccc(F)c(F)c1. The summed E-state index contributed by atoms with van der Waals surface area (Å²) >= 11 is 0. The van der Waals surface area contributed by atoms with Gasteiger partial charge in [-0.25, -0.2) is 8.78 Å². The number of hydrogen-bond donors (Lipinski definition) is 2. The van der Waals surface area contributed by atoms with Gasteiger partial charge in [0.05, 0.1) is 20.1 Å². The van der Waals surface area contributed by atoms with Gasteiger partial charge < -0.3 is 20.1 Å². The maximum atomic E-state index is 13.6. The van der Waals surface area contributed by atoms with Crippen molar-refractivity contribution in [1.82, 2.24) is 10.6 Å². The number of hydrogen-bond acceptors (Lipinski definition) is 4. The van der Waals surface area contributed by atoms with Crippen LogP contribution in [0.4, 0.5) is 8.78 Å². The third-order valence-electron chi connectivity index (χ3n) is 4.86. The van der Waals surface area contributed by atoms with Crippen LogP contribution in [0.3, 0.4) is 0 Å². The first-order valence-electron chi connectivity index (χ1n) is 9.29. The average molecular weight is 390 g/mol. The smallest absolute Gasteiger partial charge is 0.223 e. The van der Waals surface area contributed by atoms with Crippen LogP contribution in [-0.2, 0) is 4.79 Å². The molecule has 1 saturated heterocycles. The Kier molecular flexibility index (Phi) is 6.81. The molecule has 2 unspecified atom stereocenters. The minimum atomic E-state index is -0.869. The number of ether oxygens (including phenoxy) is 2. The van der Waals surface area contributed by atoms with Crippen LogP contribution in [0, 0.1) is 11.6 Å². The van der Waals surface area contributed by atoms with E-state index in [1.807, 2.05) is 12.1 Å². The van der Waals surface area contributed by atoms with Crippen LogP contribution in [0.1, 0.15) is 24.3 Å². The van der Waals surface area contributed by atoms with Crippen molar-refractivity contribution in [2.75, 3.05) is 26.8 Å². The first kappa shape index (κ1) is 20.1. The van der Waals surface area contributed by atoms with Crippen LogP contribution >= 0.6 is 0 Å². The van der Waals surface area contributed by atoms with Crippen molar-refractivity contribution in [2.24, 2.45) is 0 Å². The van der Waals surface area contributed by atoms with Gasteiger partial charge in [0.25, 0.3) is 0 Å². The summed E-state index contributed by atoms with van der Waals surface area (Å²) in [7, 11) is 1.56. The summed E-state index contributed by atoms with van der Waals surface area (Å²) in [5.41, 5.74) is 0.691. The minimum Gasteiger partial charge on any atom is -0.493 e. The molecule has 2 aromatic rings. The number of rotatable bonds is 7. The van der Waals surface area contributed by atoms with Crippen LogP contribution in [0.15, 0.2) is 42.5 Å². The Morgan fingerprint density at radius 1 is 1.18 bits per heavy atom. The average Bonchev–Trinajstić information content (AvgIpc) is 2.71. The van der Waals surface area contributed by atoms with Gasteiger partial charge in [-0.15, -0.1) is 0 Å². The summed E-state index contributed by atoms with van der Waals surface area (Å²) in [5, 5.41) is 6.22. The molecule has 0 aromatic heterocycles. The Morgan fingerprint density at radius 3 is 2.71 bits per heavy atom. The van der Waals surface area contributed by atoms with Crippen LogP contribution in [0.5, 0.6) is 11.5 Å². The summed E-state index contributed by atoms with van der Waals surface area (Å²) in [6, 6.07) is 11.0. The van der Waals surface area contributed by atoms with Gasteiger partial charge in [0.2, 0.25) is 5.91 Å². The van der Waals surface area contributed by atoms with Gasteiger partial charge in [0.15, 0.2) is 23.1 Å². The number of nitrogens with one attached hydrogen (secondary N) is 2. The standard InChI is InChI=1S/C21H24F2N2O3/c1-27-19-4-2-3-5-20(19)28-11-9-21(26)25-18-13-24-10-8-15(18)14-6-7-16(22)17(23)12-14/h2-7,12,15,18,24H,8-11,13H2,1H3,(H,25,26). The van der Waals surface area contributed by atoms with Gasteiger partial charge in [-0.3, -0.25) is 4.79 Å². The number of methoxy groups -OCH3 is 1. The molecule has 2 atom stereocenters. The Balaban J connectivity index is 1.56. The van der Waals surface area contributed by atoms with E-state index in [4.69, 9.17) is 9.47 Å². The number of carbonyl (C=O) groups is 1. The van der Waals surface area contributed by atoms with Crippen molar-refractivity contribution in [1.29, 1.82) is 0 Å². The number of para-hydroxylation sites is 2.